The molecule has 3 N–H and O–H groups in total. The van der Waals surface area contributed by atoms with Gasteiger partial charge in [-0.25, -0.2) is 9.37 Å². The Bertz CT molecular complexity index is 1220. The maximum Gasteiger partial charge on any atom is 0.229 e. The Labute approximate surface area is 213 Å². The zero-order chi connectivity index (χ0) is 24.5. The van der Waals surface area contributed by atoms with E-state index >= 15 is 0 Å². The standard InChI is InChI=1S/C25H26ClFN6OS/c1-33(24(34)15-5-6-15)16-11-20(26)23(29-12-16)31-32-25(35)30-22-18-3-2-4-21(27)17(18)8-7-14-9-10-28-13-19(14)22/h2-4,9-15,19,22H,5-8H2,1H3,(H,29,31)(H2,30,32,35). The molecule has 1 aliphatic heterocycles. The molecule has 1 fully saturated rings. The first-order valence-corrected chi connectivity index (χ1v) is 12.4. The first kappa shape index (κ1) is 23.7. The topological polar surface area (TPSA) is 81.7 Å². The summed E-state index contributed by atoms with van der Waals surface area (Å²) in [4.78, 5) is 22.6. The summed E-state index contributed by atoms with van der Waals surface area (Å²) in [5.41, 5.74) is 8.09. The number of carbonyl (C=O) groups is 1. The normalized spacial score (nSPS) is 22.4. The van der Waals surface area contributed by atoms with Crippen LogP contribution in [-0.4, -0.2) is 29.3 Å². The molecule has 7 nitrogen and oxygen atoms in total. The minimum Gasteiger partial charge on any atom is -0.354 e. The SMILES string of the molecule is CN(C(=O)C1CC1)c1cnc(NNC(=S)NC2c3cccc(F)c3CCC3C=CN=CC32)c(Cl)c1. The van der Waals surface area contributed by atoms with Crippen molar-refractivity contribution in [3.63, 3.8) is 0 Å². The van der Waals surface area contributed by atoms with Crippen molar-refractivity contribution in [3.8, 4) is 0 Å². The van der Waals surface area contributed by atoms with Crippen LogP contribution in [-0.2, 0) is 11.2 Å². The highest BCUT2D eigenvalue weighted by atomic mass is 35.5. The van der Waals surface area contributed by atoms with E-state index in [4.69, 9.17) is 23.8 Å². The maximum absolute atomic E-state index is 14.7. The number of benzene rings is 1. The van der Waals surface area contributed by atoms with Gasteiger partial charge in [0.25, 0.3) is 0 Å². The van der Waals surface area contributed by atoms with Crippen molar-refractivity contribution >= 4 is 52.6 Å². The van der Waals surface area contributed by atoms with Crippen LogP contribution in [0.4, 0.5) is 15.9 Å². The van der Waals surface area contributed by atoms with E-state index in [1.807, 2.05) is 12.3 Å². The van der Waals surface area contributed by atoms with Gasteiger partial charge in [-0.15, -0.1) is 0 Å². The van der Waals surface area contributed by atoms with E-state index in [1.54, 1.807) is 36.5 Å². The highest BCUT2D eigenvalue weighted by Crippen LogP contribution is 2.39. The molecule has 2 aromatic rings. The van der Waals surface area contributed by atoms with Crippen LogP contribution in [0.2, 0.25) is 5.02 Å². The van der Waals surface area contributed by atoms with Gasteiger partial charge in [0, 0.05) is 31.3 Å². The summed E-state index contributed by atoms with van der Waals surface area (Å²) < 4.78 is 14.7. The molecule has 35 heavy (non-hydrogen) atoms. The molecule has 0 saturated heterocycles. The third-order valence-corrected chi connectivity index (χ3v) is 7.33. The zero-order valence-corrected chi connectivity index (χ0v) is 20.7. The Kier molecular flexibility index (Phi) is 6.71. The van der Waals surface area contributed by atoms with Crippen LogP contribution < -0.4 is 21.1 Å². The van der Waals surface area contributed by atoms with Crippen LogP contribution in [0.3, 0.4) is 0 Å². The summed E-state index contributed by atoms with van der Waals surface area (Å²) >= 11 is 12.0. The molecule has 3 atom stereocenters. The van der Waals surface area contributed by atoms with E-state index in [1.165, 1.54) is 6.07 Å². The van der Waals surface area contributed by atoms with E-state index < -0.39 is 0 Å². The Morgan fingerprint density at radius 3 is 2.89 bits per heavy atom. The number of fused-ring (bicyclic) bond motifs is 2. The number of thiocarbonyl (C=S) groups is 1. The molecule has 0 radical (unpaired) electrons. The van der Waals surface area contributed by atoms with Crippen molar-refractivity contribution in [2.24, 2.45) is 22.7 Å². The Morgan fingerprint density at radius 1 is 1.29 bits per heavy atom. The van der Waals surface area contributed by atoms with Gasteiger partial charge in [-0.1, -0.05) is 29.8 Å². The van der Waals surface area contributed by atoms with E-state index in [0.29, 0.717) is 33.6 Å². The highest BCUT2D eigenvalue weighted by molar-refractivity contribution is 7.80. The van der Waals surface area contributed by atoms with Crippen LogP contribution in [0.1, 0.15) is 36.4 Å². The first-order chi connectivity index (χ1) is 16.9. The number of hydrogen-bond acceptors (Lipinski definition) is 5. The lowest BCUT2D eigenvalue weighted by Crippen LogP contribution is -2.44. The number of hydrogen-bond donors (Lipinski definition) is 3. The summed E-state index contributed by atoms with van der Waals surface area (Å²) in [6.45, 7) is 0. The molecule has 10 heteroatoms. The van der Waals surface area contributed by atoms with E-state index in [9.17, 15) is 9.18 Å². The summed E-state index contributed by atoms with van der Waals surface area (Å²) in [6, 6.07) is 6.60. The van der Waals surface area contributed by atoms with Crippen LogP contribution in [0, 0.1) is 23.6 Å². The molecule has 1 amide bonds. The van der Waals surface area contributed by atoms with Gasteiger partial charge in [0.1, 0.15) is 5.82 Å². The summed E-state index contributed by atoms with van der Waals surface area (Å²) in [5, 5.41) is 4.00. The van der Waals surface area contributed by atoms with Gasteiger partial charge in [0.2, 0.25) is 5.91 Å². The summed E-state index contributed by atoms with van der Waals surface area (Å²) in [6.07, 6.45) is 10.7. The number of halogens is 2. The lowest BCUT2D eigenvalue weighted by Gasteiger charge is -2.31. The van der Waals surface area contributed by atoms with Crippen molar-refractivity contribution in [2.75, 3.05) is 17.4 Å². The number of nitrogens with zero attached hydrogens (tertiary/aromatic N) is 3. The predicted molar refractivity (Wildman–Crippen MR) is 140 cm³/mol. The number of allylic oxidation sites excluding steroid dienone is 1. The number of carbonyl (C=O) groups excluding carboxylic acids is 1. The van der Waals surface area contributed by atoms with Crippen molar-refractivity contribution in [3.05, 3.63) is 64.7 Å². The average Bonchev–Trinajstić information content (AvgIpc) is 3.71. The minimum absolute atomic E-state index is 0.0309. The third kappa shape index (κ3) is 5.01. The first-order valence-electron chi connectivity index (χ1n) is 11.6. The largest absolute Gasteiger partial charge is 0.354 e. The van der Waals surface area contributed by atoms with Gasteiger partial charge >= 0.3 is 0 Å². The number of pyridine rings is 1. The number of nitrogens with one attached hydrogen (secondary N) is 3. The van der Waals surface area contributed by atoms with Crippen molar-refractivity contribution in [1.82, 2.24) is 15.7 Å². The van der Waals surface area contributed by atoms with Crippen molar-refractivity contribution in [1.29, 1.82) is 0 Å². The fourth-order valence-corrected chi connectivity index (χ4v) is 5.11. The van der Waals surface area contributed by atoms with Gasteiger partial charge in [-0.3, -0.25) is 20.6 Å². The monoisotopic (exact) mass is 512 g/mol. The third-order valence-electron chi connectivity index (χ3n) is 6.83. The summed E-state index contributed by atoms with van der Waals surface area (Å²) in [7, 11) is 1.73. The molecule has 182 valence electrons. The molecule has 1 aromatic carbocycles. The predicted octanol–water partition coefficient (Wildman–Crippen LogP) is 4.56. The van der Waals surface area contributed by atoms with Crippen LogP contribution in [0.25, 0.3) is 0 Å². The fraction of sp³-hybridized carbons (Fsp3) is 0.360. The molecule has 3 aliphatic rings. The Balaban J connectivity index is 1.28. The van der Waals surface area contributed by atoms with E-state index in [-0.39, 0.29) is 35.5 Å². The number of anilines is 2. The average molecular weight is 513 g/mol. The fourth-order valence-electron chi connectivity index (χ4n) is 4.72. The van der Waals surface area contributed by atoms with Gasteiger partial charge in [-0.2, -0.15) is 0 Å². The molecule has 2 heterocycles. The minimum atomic E-state index is -0.253. The van der Waals surface area contributed by atoms with Crippen LogP contribution in [0.5, 0.6) is 0 Å². The van der Waals surface area contributed by atoms with Gasteiger partial charge in [-0.05, 0) is 67.1 Å². The molecule has 3 unspecified atom stereocenters. The number of rotatable bonds is 5. The van der Waals surface area contributed by atoms with E-state index in [0.717, 1.165) is 24.8 Å². The van der Waals surface area contributed by atoms with Crippen LogP contribution in [0.15, 0.2) is 47.7 Å². The number of amides is 1. The van der Waals surface area contributed by atoms with Gasteiger partial charge < -0.3 is 10.2 Å². The molecule has 0 spiro atoms. The lowest BCUT2D eigenvalue weighted by molar-refractivity contribution is -0.119. The molecule has 0 bridgehead atoms. The summed E-state index contributed by atoms with van der Waals surface area (Å²) in [5.74, 6) is 0.612. The Hall–Kier alpha value is -3.04. The lowest BCUT2D eigenvalue weighted by atomic mass is 9.83. The van der Waals surface area contributed by atoms with Crippen LogP contribution >= 0.6 is 23.8 Å². The second-order valence-corrected chi connectivity index (χ2v) is 9.94. The van der Waals surface area contributed by atoms with Gasteiger partial charge in [0.15, 0.2) is 10.9 Å². The molecular formula is C25H26ClFN6OS. The van der Waals surface area contributed by atoms with Crippen molar-refractivity contribution < 1.29 is 9.18 Å². The quantitative estimate of drug-likeness (QED) is 0.402. The second kappa shape index (κ2) is 9.91. The molecule has 1 saturated carbocycles. The molecule has 2 aliphatic carbocycles. The second-order valence-electron chi connectivity index (χ2n) is 9.12. The molecule has 5 rings (SSSR count). The smallest absolute Gasteiger partial charge is 0.229 e. The number of aliphatic imine (C=N–C) groups is 1. The number of aromatic nitrogens is 1. The van der Waals surface area contributed by atoms with Gasteiger partial charge in [0.05, 0.1) is 22.9 Å². The van der Waals surface area contributed by atoms with Crippen molar-refractivity contribution in [2.45, 2.75) is 31.7 Å². The maximum atomic E-state index is 14.7. The number of hydrazine groups is 1. The highest BCUT2D eigenvalue weighted by Gasteiger charge is 2.35. The van der Waals surface area contributed by atoms with E-state index in [2.05, 4.69) is 32.2 Å². The Morgan fingerprint density at radius 2 is 2.11 bits per heavy atom. The molecule has 1 aromatic heterocycles. The molecular weight excluding hydrogens is 487 g/mol. The zero-order valence-electron chi connectivity index (χ0n) is 19.2.